The molecule has 0 aliphatic rings. The molecular formula is C16H23NO2. The molecule has 0 bridgehead atoms. The van der Waals surface area contributed by atoms with Crippen LogP contribution in [0.15, 0.2) is 28.7 Å². The Bertz CT molecular complexity index is 533. The Morgan fingerprint density at radius 3 is 2.79 bits per heavy atom. The van der Waals surface area contributed by atoms with Crippen LogP contribution in [0.5, 0.6) is 0 Å². The minimum atomic E-state index is 0.338. The SMILES string of the molecule is COCCNC(C)C(C)c1cc2cc(C)ccc2o1. The first-order valence-corrected chi connectivity index (χ1v) is 6.84. The molecule has 0 radical (unpaired) electrons. The number of rotatable bonds is 6. The van der Waals surface area contributed by atoms with Crippen molar-refractivity contribution < 1.29 is 9.15 Å². The summed E-state index contributed by atoms with van der Waals surface area (Å²) in [5.41, 5.74) is 2.23. The number of hydrogen-bond donors (Lipinski definition) is 1. The van der Waals surface area contributed by atoms with E-state index >= 15 is 0 Å². The minimum Gasteiger partial charge on any atom is -0.461 e. The van der Waals surface area contributed by atoms with Crippen LogP contribution in [0.2, 0.25) is 0 Å². The zero-order chi connectivity index (χ0) is 13.8. The second-order valence-electron chi connectivity index (χ2n) is 5.21. The molecule has 0 aliphatic carbocycles. The molecule has 0 amide bonds. The lowest BCUT2D eigenvalue weighted by Gasteiger charge is -2.19. The Kier molecular flexibility index (Phi) is 4.61. The van der Waals surface area contributed by atoms with Crippen LogP contribution in [-0.2, 0) is 4.74 Å². The fourth-order valence-corrected chi connectivity index (χ4v) is 2.22. The van der Waals surface area contributed by atoms with E-state index in [0.717, 1.165) is 24.5 Å². The maximum Gasteiger partial charge on any atom is 0.134 e. The van der Waals surface area contributed by atoms with Crippen molar-refractivity contribution in [1.29, 1.82) is 0 Å². The number of aryl methyl sites for hydroxylation is 1. The van der Waals surface area contributed by atoms with E-state index in [-0.39, 0.29) is 0 Å². The largest absolute Gasteiger partial charge is 0.461 e. The van der Waals surface area contributed by atoms with Crippen LogP contribution in [0.3, 0.4) is 0 Å². The van der Waals surface area contributed by atoms with E-state index < -0.39 is 0 Å². The van der Waals surface area contributed by atoms with Gasteiger partial charge in [0, 0.05) is 31.0 Å². The molecule has 2 aromatic rings. The predicted molar refractivity (Wildman–Crippen MR) is 78.7 cm³/mol. The Hall–Kier alpha value is -1.32. The summed E-state index contributed by atoms with van der Waals surface area (Å²) in [6.45, 7) is 8.07. The van der Waals surface area contributed by atoms with Gasteiger partial charge in [0.2, 0.25) is 0 Å². The van der Waals surface area contributed by atoms with E-state index in [4.69, 9.17) is 9.15 Å². The molecule has 3 nitrogen and oxygen atoms in total. The molecule has 0 saturated carbocycles. The molecule has 1 N–H and O–H groups in total. The summed E-state index contributed by atoms with van der Waals surface area (Å²) in [4.78, 5) is 0. The summed E-state index contributed by atoms with van der Waals surface area (Å²) in [6, 6.07) is 8.81. The Morgan fingerprint density at radius 2 is 2.05 bits per heavy atom. The Morgan fingerprint density at radius 1 is 1.26 bits per heavy atom. The van der Waals surface area contributed by atoms with Gasteiger partial charge in [-0.05, 0) is 32.0 Å². The van der Waals surface area contributed by atoms with Crippen molar-refractivity contribution in [3.05, 3.63) is 35.6 Å². The van der Waals surface area contributed by atoms with Gasteiger partial charge in [0.1, 0.15) is 11.3 Å². The molecule has 1 heterocycles. The lowest BCUT2D eigenvalue weighted by atomic mass is 10.0. The molecule has 0 fully saturated rings. The van der Waals surface area contributed by atoms with Gasteiger partial charge in [-0.15, -0.1) is 0 Å². The van der Waals surface area contributed by atoms with Crippen molar-refractivity contribution in [3.63, 3.8) is 0 Å². The highest BCUT2D eigenvalue weighted by Gasteiger charge is 2.17. The summed E-state index contributed by atoms with van der Waals surface area (Å²) in [7, 11) is 1.72. The Labute approximate surface area is 114 Å². The second kappa shape index (κ2) is 6.22. The van der Waals surface area contributed by atoms with Crippen LogP contribution in [0, 0.1) is 6.92 Å². The molecule has 0 aliphatic heterocycles. The maximum atomic E-state index is 5.94. The van der Waals surface area contributed by atoms with Gasteiger partial charge in [0.15, 0.2) is 0 Å². The van der Waals surface area contributed by atoms with Gasteiger partial charge < -0.3 is 14.5 Å². The van der Waals surface area contributed by atoms with Gasteiger partial charge >= 0.3 is 0 Å². The quantitative estimate of drug-likeness (QED) is 0.809. The first-order valence-electron chi connectivity index (χ1n) is 6.84. The van der Waals surface area contributed by atoms with Crippen molar-refractivity contribution in [2.75, 3.05) is 20.3 Å². The smallest absolute Gasteiger partial charge is 0.134 e. The number of benzene rings is 1. The molecule has 2 unspecified atom stereocenters. The van der Waals surface area contributed by atoms with Gasteiger partial charge in [-0.2, -0.15) is 0 Å². The topological polar surface area (TPSA) is 34.4 Å². The highest BCUT2D eigenvalue weighted by Crippen LogP contribution is 2.27. The summed E-state index contributed by atoms with van der Waals surface area (Å²) in [5, 5.41) is 4.64. The van der Waals surface area contributed by atoms with Crippen molar-refractivity contribution >= 4 is 11.0 Å². The molecular weight excluding hydrogens is 238 g/mol. The van der Waals surface area contributed by atoms with Crippen LogP contribution < -0.4 is 5.32 Å². The van der Waals surface area contributed by atoms with Crippen molar-refractivity contribution in [1.82, 2.24) is 5.32 Å². The van der Waals surface area contributed by atoms with E-state index in [1.807, 2.05) is 6.07 Å². The monoisotopic (exact) mass is 261 g/mol. The van der Waals surface area contributed by atoms with E-state index in [1.165, 1.54) is 10.9 Å². The number of nitrogens with one attached hydrogen (secondary N) is 1. The van der Waals surface area contributed by atoms with E-state index in [9.17, 15) is 0 Å². The van der Waals surface area contributed by atoms with Gasteiger partial charge in [-0.1, -0.05) is 18.6 Å². The predicted octanol–water partition coefficient (Wildman–Crippen LogP) is 3.47. The summed E-state index contributed by atoms with van der Waals surface area (Å²) in [6.07, 6.45) is 0. The zero-order valence-electron chi connectivity index (χ0n) is 12.2. The average Bonchev–Trinajstić information content (AvgIpc) is 2.80. The molecule has 0 spiro atoms. The number of methoxy groups -OCH3 is 1. The van der Waals surface area contributed by atoms with Crippen LogP contribution in [0.4, 0.5) is 0 Å². The van der Waals surface area contributed by atoms with E-state index in [0.29, 0.717) is 12.0 Å². The van der Waals surface area contributed by atoms with Gasteiger partial charge in [-0.25, -0.2) is 0 Å². The molecule has 1 aromatic heterocycles. The number of ether oxygens (including phenoxy) is 1. The highest BCUT2D eigenvalue weighted by molar-refractivity contribution is 5.78. The minimum absolute atomic E-state index is 0.338. The van der Waals surface area contributed by atoms with Crippen LogP contribution >= 0.6 is 0 Å². The highest BCUT2D eigenvalue weighted by atomic mass is 16.5. The zero-order valence-corrected chi connectivity index (χ0v) is 12.2. The van der Waals surface area contributed by atoms with E-state index in [1.54, 1.807) is 7.11 Å². The summed E-state index contributed by atoms with van der Waals surface area (Å²) in [5.74, 6) is 1.38. The fraction of sp³-hybridized carbons (Fsp3) is 0.500. The first kappa shape index (κ1) is 14.1. The number of fused-ring (bicyclic) bond motifs is 1. The van der Waals surface area contributed by atoms with Crippen molar-refractivity contribution in [3.8, 4) is 0 Å². The normalized spacial score (nSPS) is 14.7. The molecule has 2 atom stereocenters. The molecule has 3 heteroatoms. The standard InChI is InChI=1S/C16H23NO2/c1-11-5-6-15-14(9-11)10-16(19-15)12(2)13(3)17-7-8-18-4/h5-6,9-10,12-13,17H,7-8H2,1-4H3. The average molecular weight is 261 g/mol. The molecule has 19 heavy (non-hydrogen) atoms. The summed E-state index contributed by atoms with van der Waals surface area (Å²) >= 11 is 0. The van der Waals surface area contributed by atoms with Crippen LogP contribution in [0.25, 0.3) is 11.0 Å². The number of furan rings is 1. The molecule has 0 saturated heterocycles. The number of hydrogen-bond acceptors (Lipinski definition) is 3. The van der Waals surface area contributed by atoms with Crippen LogP contribution in [-0.4, -0.2) is 26.3 Å². The third-order valence-corrected chi connectivity index (χ3v) is 3.66. The Balaban J connectivity index is 2.10. The lowest BCUT2D eigenvalue weighted by Crippen LogP contribution is -2.33. The van der Waals surface area contributed by atoms with Gasteiger partial charge in [0.25, 0.3) is 0 Å². The maximum absolute atomic E-state index is 5.94. The van der Waals surface area contributed by atoms with Crippen molar-refractivity contribution in [2.45, 2.75) is 32.7 Å². The second-order valence-corrected chi connectivity index (χ2v) is 5.21. The lowest BCUT2D eigenvalue weighted by molar-refractivity contribution is 0.194. The van der Waals surface area contributed by atoms with Crippen LogP contribution in [0.1, 0.15) is 31.1 Å². The summed E-state index contributed by atoms with van der Waals surface area (Å²) < 4.78 is 11.0. The molecule has 1 aromatic carbocycles. The van der Waals surface area contributed by atoms with Gasteiger partial charge in [0.05, 0.1) is 6.61 Å². The molecule has 2 rings (SSSR count). The molecule has 104 valence electrons. The third kappa shape index (κ3) is 3.37. The van der Waals surface area contributed by atoms with Crippen molar-refractivity contribution in [2.24, 2.45) is 0 Å². The third-order valence-electron chi connectivity index (χ3n) is 3.66. The first-order chi connectivity index (χ1) is 9.11. The van der Waals surface area contributed by atoms with Gasteiger partial charge in [-0.3, -0.25) is 0 Å². The van der Waals surface area contributed by atoms with E-state index in [2.05, 4.69) is 44.3 Å². The fourth-order valence-electron chi connectivity index (χ4n) is 2.22.